The van der Waals surface area contributed by atoms with Crippen LogP contribution < -0.4 is 5.32 Å². The van der Waals surface area contributed by atoms with E-state index in [1.807, 2.05) is 25.4 Å². The van der Waals surface area contributed by atoms with E-state index in [0.717, 1.165) is 22.8 Å². The van der Waals surface area contributed by atoms with Crippen molar-refractivity contribution in [3.05, 3.63) is 36.2 Å². The van der Waals surface area contributed by atoms with Crippen LogP contribution in [0.3, 0.4) is 0 Å². The molecule has 2 N–H and O–H groups in total. The van der Waals surface area contributed by atoms with Crippen molar-refractivity contribution in [3.8, 4) is 11.4 Å². The fourth-order valence-corrected chi connectivity index (χ4v) is 1.67. The summed E-state index contributed by atoms with van der Waals surface area (Å²) < 4.78 is 0. The van der Waals surface area contributed by atoms with Crippen molar-refractivity contribution < 1.29 is 0 Å². The molecule has 2 rings (SSSR count). The Hall–Kier alpha value is -1.77. The van der Waals surface area contributed by atoms with Gasteiger partial charge in [0.25, 0.3) is 0 Å². The monoisotopic (exact) mass is 229 g/mol. The first-order valence-electron chi connectivity index (χ1n) is 5.84. The van der Waals surface area contributed by atoms with E-state index in [9.17, 15) is 0 Å². The van der Waals surface area contributed by atoms with Crippen molar-refractivity contribution >= 4 is 5.69 Å². The predicted octanol–water partition coefficient (Wildman–Crippen LogP) is 3.42. The first-order chi connectivity index (χ1) is 8.00. The molecule has 0 saturated heterocycles. The minimum absolute atomic E-state index is 0.103. The van der Waals surface area contributed by atoms with Gasteiger partial charge in [-0.2, -0.15) is 0 Å². The van der Waals surface area contributed by atoms with Crippen molar-refractivity contribution in [2.24, 2.45) is 0 Å². The Labute approximate surface area is 102 Å². The standard InChI is InChI=1S/C14H19N3/c1-14(2,3)12-9-16-13(17-12)10-6-5-7-11(8-10)15-4/h5-9,15H,1-4H3,(H,16,17). The average Bonchev–Trinajstić information content (AvgIpc) is 2.78. The van der Waals surface area contributed by atoms with Crippen LogP contribution in [0.25, 0.3) is 11.4 Å². The molecule has 0 amide bonds. The second-order valence-corrected chi connectivity index (χ2v) is 5.23. The van der Waals surface area contributed by atoms with Gasteiger partial charge in [0.1, 0.15) is 5.82 Å². The van der Waals surface area contributed by atoms with E-state index in [-0.39, 0.29) is 5.41 Å². The summed E-state index contributed by atoms with van der Waals surface area (Å²) in [6.07, 6.45) is 1.92. The molecule has 0 spiro atoms. The topological polar surface area (TPSA) is 40.7 Å². The number of anilines is 1. The third-order valence-corrected chi connectivity index (χ3v) is 2.81. The number of aromatic amines is 1. The van der Waals surface area contributed by atoms with Crippen LogP contribution in [0.15, 0.2) is 30.5 Å². The fourth-order valence-electron chi connectivity index (χ4n) is 1.67. The van der Waals surface area contributed by atoms with Gasteiger partial charge in [0.2, 0.25) is 0 Å². The van der Waals surface area contributed by atoms with E-state index in [1.165, 1.54) is 0 Å². The molecular weight excluding hydrogens is 210 g/mol. The molecule has 2 aromatic rings. The van der Waals surface area contributed by atoms with Crippen molar-refractivity contribution in [1.82, 2.24) is 9.97 Å². The van der Waals surface area contributed by atoms with E-state index >= 15 is 0 Å². The molecule has 0 aliphatic rings. The third-order valence-electron chi connectivity index (χ3n) is 2.81. The smallest absolute Gasteiger partial charge is 0.137 e. The van der Waals surface area contributed by atoms with Gasteiger partial charge in [0, 0.05) is 35.6 Å². The van der Waals surface area contributed by atoms with Crippen molar-refractivity contribution in [3.63, 3.8) is 0 Å². The van der Waals surface area contributed by atoms with Crippen LogP contribution in [0, 0.1) is 0 Å². The molecule has 0 aliphatic heterocycles. The average molecular weight is 229 g/mol. The van der Waals surface area contributed by atoms with Gasteiger partial charge in [-0.3, -0.25) is 0 Å². The van der Waals surface area contributed by atoms with Gasteiger partial charge >= 0.3 is 0 Å². The number of imidazole rings is 1. The highest BCUT2D eigenvalue weighted by Crippen LogP contribution is 2.24. The number of H-pyrrole nitrogens is 1. The van der Waals surface area contributed by atoms with E-state index in [2.05, 4.69) is 48.2 Å². The van der Waals surface area contributed by atoms with Crippen LogP contribution in [0.1, 0.15) is 26.5 Å². The van der Waals surface area contributed by atoms with Gasteiger partial charge in [-0.15, -0.1) is 0 Å². The van der Waals surface area contributed by atoms with Crippen LogP contribution >= 0.6 is 0 Å². The lowest BCUT2D eigenvalue weighted by atomic mass is 9.93. The molecule has 17 heavy (non-hydrogen) atoms. The van der Waals surface area contributed by atoms with Gasteiger partial charge in [-0.05, 0) is 12.1 Å². The maximum atomic E-state index is 4.44. The molecule has 0 saturated carbocycles. The lowest BCUT2D eigenvalue weighted by Gasteiger charge is -2.15. The molecule has 3 nitrogen and oxygen atoms in total. The summed E-state index contributed by atoms with van der Waals surface area (Å²) in [5.41, 5.74) is 3.46. The molecule has 0 fully saturated rings. The largest absolute Gasteiger partial charge is 0.388 e. The van der Waals surface area contributed by atoms with Crippen LogP contribution in [-0.4, -0.2) is 17.0 Å². The van der Waals surface area contributed by atoms with Gasteiger partial charge in [0.05, 0.1) is 0 Å². The summed E-state index contributed by atoms with van der Waals surface area (Å²) in [6, 6.07) is 8.22. The first-order valence-corrected chi connectivity index (χ1v) is 5.84. The zero-order valence-corrected chi connectivity index (χ0v) is 10.8. The summed E-state index contributed by atoms with van der Waals surface area (Å²) in [5.74, 6) is 0.923. The van der Waals surface area contributed by atoms with Crippen LogP contribution in [0.5, 0.6) is 0 Å². The van der Waals surface area contributed by atoms with Gasteiger partial charge in [-0.1, -0.05) is 32.9 Å². The quantitative estimate of drug-likeness (QED) is 0.828. The minimum Gasteiger partial charge on any atom is -0.388 e. The summed E-state index contributed by atoms with van der Waals surface area (Å²) in [6.45, 7) is 6.52. The first kappa shape index (κ1) is 11.7. The number of hydrogen-bond donors (Lipinski definition) is 2. The Morgan fingerprint density at radius 1 is 1.24 bits per heavy atom. The zero-order chi connectivity index (χ0) is 12.5. The molecule has 90 valence electrons. The number of hydrogen-bond acceptors (Lipinski definition) is 2. The Morgan fingerprint density at radius 2 is 2.00 bits per heavy atom. The second kappa shape index (κ2) is 4.24. The highest BCUT2D eigenvalue weighted by atomic mass is 14.9. The highest BCUT2D eigenvalue weighted by molar-refractivity contribution is 5.62. The van der Waals surface area contributed by atoms with Gasteiger partial charge in [-0.25, -0.2) is 4.98 Å². The molecule has 0 bridgehead atoms. The van der Waals surface area contributed by atoms with Gasteiger partial charge < -0.3 is 10.3 Å². The molecule has 1 aromatic heterocycles. The van der Waals surface area contributed by atoms with Crippen LogP contribution in [0.4, 0.5) is 5.69 Å². The number of nitrogens with one attached hydrogen (secondary N) is 2. The highest BCUT2D eigenvalue weighted by Gasteiger charge is 2.16. The maximum absolute atomic E-state index is 4.44. The van der Waals surface area contributed by atoms with Crippen LogP contribution in [0.2, 0.25) is 0 Å². The molecule has 1 aromatic carbocycles. The predicted molar refractivity (Wildman–Crippen MR) is 72.3 cm³/mol. The fraction of sp³-hybridized carbons (Fsp3) is 0.357. The summed E-state index contributed by atoms with van der Waals surface area (Å²) in [7, 11) is 1.92. The molecule has 0 atom stereocenters. The number of nitrogens with zero attached hydrogens (tertiary/aromatic N) is 1. The lowest BCUT2D eigenvalue weighted by molar-refractivity contribution is 0.573. The normalized spacial score (nSPS) is 11.5. The number of aromatic nitrogens is 2. The number of rotatable bonds is 2. The molecule has 0 aliphatic carbocycles. The maximum Gasteiger partial charge on any atom is 0.137 e. The second-order valence-electron chi connectivity index (χ2n) is 5.23. The lowest BCUT2D eigenvalue weighted by Crippen LogP contribution is -2.11. The summed E-state index contributed by atoms with van der Waals surface area (Å²) in [5, 5.41) is 3.13. The third kappa shape index (κ3) is 2.49. The molecular formula is C14H19N3. The Morgan fingerprint density at radius 3 is 2.59 bits per heavy atom. The Bertz CT molecular complexity index is 506. The minimum atomic E-state index is 0.103. The SMILES string of the molecule is CNc1cccc(-c2ncc(C(C)(C)C)[nH]2)c1. The van der Waals surface area contributed by atoms with E-state index < -0.39 is 0 Å². The molecule has 0 unspecified atom stereocenters. The summed E-state index contributed by atoms with van der Waals surface area (Å²) >= 11 is 0. The number of benzene rings is 1. The zero-order valence-electron chi connectivity index (χ0n) is 10.8. The van der Waals surface area contributed by atoms with Crippen molar-refractivity contribution in [2.45, 2.75) is 26.2 Å². The molecule has 3 heteroatoms. The Kier molecular flexibility index (Phi) is 2.92. The van der Waals surface area contributed by atoms with E-state index in [0.29, 0.717) is 0 Å². The van der Waals surface area contributed by atoms with E-state index in [1.54, 1.807) is 0 Å². The molecule has 1 heterocycles. The van der Waals surface area contributed by atoms with Gasteiger partial charge in [0.15, 0.2) is 0 Å². The summed E-state index contributed by atoms with van der Waals surface area (Å²) in [4.78, 5) is 7.83. The van der Waals surface area contributed by atoms with Crippen molar-refractivity contribution in [2.75, 3.05) is 12.4 Å². The molecule has 0 radical (unpaired) electrons. The van der Waals surface area contributed by atoms with E-state index in [4.69, 9.17) is 0 Å². The van der Waals surface area contributed by atoms with Crippen LogP contribution in [-0.2, 0) is 5.41 Å². The Balaban J connectivity index is 2.37. The van der Waals surface area contributed by atoms with Crippen molar-refractivity contribution in [1.29, 1.82) is 0 Å².